The maximum Gasteiger partial charge on any atom is 0.311 e. The fourth-order valence-electron chi connectivity index (χ4n) is 6.40. The van der Waals surface area contributed by atoms with Gasteiger partial charge in [-0.3, -0.25) is 19.7 Å². The van der Waals surface area contributed by atoms with Gasteiger partial charge in [-0.1, -0.05) is 194 Å². The van der Waals surface area contributed by atoms with Crippen LogP contribution in [0.3, 0.4) is 0 Å². The zero-order valence-corrected chi connectivity index (χ0v) is 31.8. The number of rotatable bonds is 35. The minimum absolute atomic E-state index is 0.0569. The van der Waals surface area contributed by atoms with Crippen molar-refractivity contribution in [1.29, 1.82) is 0 Å². The third-order valence-corrected chi connectivity index (χ3v) is 9.55. The highest BCUT2D eigenvalue weighted by Crippen LogP contribution is 2.32. The van der Waals surface area contributed by atoms with Crippen molar-refractivity contribution in [2.45, 2.75) is 219 Å². The molecule has 282 valence electrons. The molecule has 1 rings (SSSR count). The van der Waals surface area contributed by atoms with Crippen LogP contribution in [0.15, 0.2) is 18.2 Å². The second kappa shape index (κ2) is 32.7. The Balaban J connectivity index is 2.18. The monoisotopic (exact) mass is 688 g/mol. The first kappa shape index (κ1) is 44.6. The summed E-state index contributed by atoms with van der Waals surface area (Å²) in [6.07, 6.45) is 38.0. The molecule has 7 nitrogen and oxygen atoms in total. The Morgan fingerprint density at radius 2 is 0.755 bits per heavy atom. The quantitative estimate of drug-likeness (QED) is 0.0232. The predicted molar refractivity (Wildman–Crippen MR) is 203 cm³/mol. The second-order valence-electron chi connectivity index (χ2n) is 14.2. The number of esters is 2. The minimum Gasteiger partial charge on any atom is -0.423 e. The molecule has 0 bridgehead atoms. The van der Waals surface area contributed by atoms with Crippen molar-refractivity contribution in [3.05, 3.63) is 28.3 Å². The fourth-order valence-corrected chi connectivity index (χ4v) is 6.40. The lowest BCUT2D eigenvalue weighted by Crippen LogP contribution is -2.12. The summed E-state index contributed by atoms with van der Waals surface area (Å²) < 4.78 is 11.0. The van der Waals surface area contributed by atoms with Gasteiger partial charge in [-0.2, -0.15) is 0 Å². The molecule has 0 fully saturated rings. The highest BCUT2D eigenvalue weighted by molar-refractivity contribution is 5.76. The van der Waals surface area contributed by atoms with E-state index in [1.54, 1.807) is 0 Å². The van der Waals surface area contributed by atoms with Gasteiger partial charge in [0.1, 0.15) is 0 Å². The van der Waals surface area contributed by atoms with E-state index in [0.717, 1.165) is 32.1 Å². The maximum atomic E-state index is 12.6. The standard InChI is InChI=1S/C42H73NO6/c1-3-5-7-9-11-13-15-17-19-21-23-25-27-29-31-33-41(44)48-39-36-35-38(43(46)47)37-40(39)49-42(45)34-32-30-28-26-24-22-20-18-16-14-12-10-8-6-4-2/h35-37H,3-34H2,1-2H3. The van der Waals surface area contributed by atoms with Crippen LogP contribution in [0.2, 0.25) is 0 Å². The normalized spacial score (nSPS) is 11.1. The topological polar surface area (TPSA) is 95.7 Å². The second-order valence-corrected chi connectivity index (χ2v) is 14.2. The largest absolute Gasteiger partial charge is 0.423 e. The van der Waals surface area contributed by atoms with Crippen molar-refractivity contribution in [3.8, 4) is 11.5 Å². The van der Waals surface area contributed by atoms with E-state index < -0.39 is 16.9 Å². The smallest absolute Gasteiger partial charge is 0.311 e. The Kier molecular flexibility index (Phi) is 29.8. The zero-order chi connectivity index (χ0) is 35.6. The third-order valence-electron chi connectivity index (χ3n) is 9.55. The van der Waals surface area contributed by atoms with Crippen LogP contribution < -0.4 is 9.47 Å². The Labute approximate surface area is 300 Å². The third kappa shape index (κ3) is 27.0. The summed E-state index contributed by atoms with van der Waals surface area (Å²) in [5.74, 6) is -0.885. The number of nitro benzene ring substituents is 1. The van der Waals surface area contributed by atoms with Crippen molar-refractivity contribution in [2.75, 3.05) is 0 Å². The first-order valence-electron chi connectivity index (χ1n) is 20.7. The Morgan fingerprint density at radius 3 is 1.06 bits per heavy atom. The Hall–Kier alpha value is -2.44. The molecular weight excluding hydrogens is 614 g/mol. The number of hydrogen-bond acceptors (Lipinski definition) is 6. The van der Waals surface area contributed by atoms with Crippen LogP contribution in [-0.4, -0.2) is 16.9 Å². The van der Waals surface area contributed by atoms with E-state index in [-0.39, 0.29) is 30.0 Å². The molecule has 0 spiro atoms. The molecule has 1 aromatic carbocycles. The first-order chi connectivity index (χ1) is 24.0. The van der Waals surface area contributed by atoms with Crippen molar-refractivity contribution in [1.82, 2.24) is 0 Å². The van der Waals surface area contributed by atoms with E-state index in [0.29, 0.717) is 6.42 Å². The number of hydrogen-bond donors (Lipinski definition) is 0. The number of unbranched alkanes of at least 4 members (excludes halogenated alkanes) is 28. The Morgan fingerprint density at radius 1 is 0.469 bits per heavy atom. The average Bonchev–Trinajstić information content (AvgIpc) is 3.08. The van der Waals surface area contributed by atoms with E-state index in [2.05, 4.69) is 13.8 Å². The number of nitro groups is 1. The van der Waals surface area contributed by atoms with Crippen LogP contribution in [0.4, 0.5) is 5.69 Å². The molecule has 0 radical (unpaired) electrons. The van der Waals surface area contributed by atoms with E-state index in [1.165, 1.54) is 172 Å². The molecule has 0 saturated carbocycles. The highest BCUT2D eigenvalue weighted by atomic mass is 16.6. The molecule has 0 amide bonds. The number of carbonyl (C=O) groups is 2. The van der Waals surface area contributed by atoms with Gasteiger partial charge < -0.3 is 9.47 Å². The molecule has 7 heteroatoms. The molecule has 0 aromatic heterocycles. The van der Waals surface area contributed by atoms with Crippen LogP contribution >= 0.6 is 0 Å². The van der Waals surface area contributed by atoms with Crippen LogP contribution in [-0.2, 0) is 9.59 Å². The molecule has 0 N–H and O–H groups in total. The van der Waals surface area contributed by atoms with Crippen LogP contribution in [0.25, 0.3) is 0 Å². The van der Waals surface area contributed by atoms with Crippen LogP contribution in [0.5, 0.6) is 11.5 Å². The number of carbonyl (C=O) groups excluding carboxylic acids is 2. The molecule has 49 heavy (non-hydrogen) atoms. The van der Waals surface area contributed by atoms with Crippen molar-refractivity contribution < 1.29 is 24.0 Å². The van der Waals surface area contributed by atoms with Crippen molar-refractivity contribution in [3.63, 3.8) is 0 Å². The number of benzene rings is 1. The van der Waals surface area contributed by atoms with Gasteiger partial charge in [-0.05, 0) is 18.9 Å². The minimum atomic E-state index is -0.548. The molecule has 0 heterocycles. The summed E-state index contributed by atoms with van der Waals surface area (Å²) in [5, 5.41) is 11.3. The van der Waals surface area contributed by atoms with Gasteiger partial charge >= 0.3 is 11.9 Å². The van der Waals surface area contributed by atoms with Crippen LogP contribution in [0, 0.1) is 10.1 Å². The fraction of sp³-hybridized carbons (Fsp3) is 0.810. The molecule has 0 aliphatic heterocycles. The number of nitrogens with zero attached hydrogens (tertiary/aromatic N) is 1. The van der Waals surface area contributed by atoms with Crippen LogP contribution in [0.1, 0.15) is 219 Å². The van der Waals surface area contributed by atoms with E-state index in [4.69, 9.17) is 9.47 Å². The number of non-ortho nitro benzene ring substituents is 1. The lowest BCUT2D eigenvalue weighted by atomic mass is 10.0. The molecule has 1 aromatic rings. The van der Waals surface area contributed by atoms with Gasteiger partial charge in [0.15, 0.2) is 11.5 Å². The van der Waals surface area contributed by atoms with Gasteiger partial charge in [0.2, 0.25) is 0 Å². The molecule has 0 atom stereocenters. The summed E-state index contributed by atoms with van der Waals surface area (Å²) in [7, 11) is 0. The number of ether oxygens (including phenoxy) is 2. The van der Waals surface area contributed by atoms with Gasteiger partial charge in [-0.15, -0.1) is 0 Å². The molecule has 0 saturated heterocycles. The van der Waals surface area contributed by atoms with Gasteiger partial charge in [0.05, 0.1) is 11.0 Å². The SMILES string of the molecule is CCCCCCCCCCCCCCCCCC(=O)Oc1ccc([N+](=O)[O-])cc1OC(=O)CCCCCCCCCCCCCCCCC. The average molecular weight is 688 g/mol. The molecule has 0 aliphatic rings. The predicted octanol–water partition coefficient (Wildman–Crippen LogP) is 13.9. The summed E-state index contributed by atoms with van der Waals surface area (Å²) in [6.45, 7) is 4.52. The van der Waals surface area contributed by atoms with Gasteiger partial charge in [0.25, 0.3) is 5.69 Å². The van der Waals surface area contributed by atoms with Gasteiger partial charge in [0, 0.05) is 18.9 Å². The lowest BCUT2D eigenvalue weighted by molar-refractivity contribution is -0.384. The highest BCUT2D eigenvalue weighted by Gasteiger charge is 2.18. The summed E-state index contributed by atoms with van der Waals surface area (Å²) >= 11 is 0. The van der Waals surface area contributed by atoms with E-state index >= 15 is 0 Å². The summed E-state index contributed by atoms with van der Waals surface area (Å²) in [4.78, 5) is 35.9. The first-order valence-corrected chi connectivity index (χ1v) is 20.7. The van der Waals surface area contributed by atoms with Crippen molar-refractivity contribution in [2.24, 2.45) is 0 Å². The summed E-state index contributed by atoms with van der Waals surface area (Å²) in [6, 6.07) is 3.78. The molecule has 0 aliphatic carbocycles. The lowest BCUT2D eigenvalue weighted by Gasteiger charge is -2.11. The maximum absolute atomic E-state index is 12.6. The van der Waals surface area contributed by atoms with Gasteiger partial charge in [-0.25, -0.2) is 0 Å². The summed E-state index contributed by atoms with van der Waals surface area (Å²) in [5.41, 5.74) is -0.211. The van der Waals surface area contributed by atoms with Crippen molar-refractivity contribution >= 4 is 17.6 Å². The molecule has 0 unspecified atom stereocenters. The Bertz CT molecular complexity index is 964. The molecular formula is C42H73NO6. The van der Waals surface area contributed by atoms with E-state index in [1.807, 2.05) is 0 Å². The van der Waals surface area contributed by atoms with E-state index in [9.17, 15) is 19.7 Å². The zero-order valence-electron chi connectivity index (χ0n) is 31.8.